The van der Waals surface area contributed by atoms with Gasteiger partial charge in [-0.25, -0.2) is 8.42 Å². The van der Waals surface area contributed by atoms with Gasteiger partial charge in [0.2, 0.25) is 0 Å². The number of carbonyl (C=O) groups is 1. The summed E-state index contributed by atoms with van der Waals surface area (Å²) in [7, 11) is 4.44. The van der Waals surface area contributed by atoms with Gasteiger partial charge in [0.1, 0.15) is 10.6 Å². The molecule has 114 valence electrons. The summed E-state index contributed by atoms with van der Waals surface area (Å²) < 4.78 is 33.9. The van der Waals surface area contributed by atoms with Crippen molar-refractivity contribution in [2.24, 2.45) is 0 Å². The predicted octanol–water partition coefficient (Wildman–Crippen LogP) is 0.438. The summed E-state index contributed by atoms with van der Waals surface area (Å²) >= 11 is 0. The van der Waals surface area contributed by atoms with Crippen LogP contribution in [-0.2, 0) is 25.1 Å². The number of rotatable bonds is 8. The van der Waals surface area contributed by atoms with Crippen LogP contribution in [0.15, 0.2) is 17.2 Å². The standard InChI is InChI=1S/C11H17ClN2O5S/c1-18-5-3-13-11(15)10-7-9(20(12,16)17)8-14(10)4-6-19-2/h7-8H,3-6H2,1-2H3,(H,13,15). The first-order valence-corrected chi connectivity index (χ1v) is 8.12. The fourth-order valence-corrected chi connectivity index (χ4v) is 2.30. The van der Waals surface area contributed by atoms with Gasteiger partial charge in [-0.3, -0.25) is 4.79 Å². The Morgan fingerprint density at radius 3 is 2.55 bits per heavy atom. The molecule has 0 fully saturated rings. The highest BCUT2D eigenvalue weighted by molar-refractivity contribution is 8.13. The van der Waals surface area contributed by atoms with E-state index in [0.717, 1.165) is 0 Å². The molecule has 0 atom stereocenters. The Kier molecular flexibility index (Phi) is 6.47. The molecule has 0 radical (unpaired) electrons. The molecular weight excluding hydrogens is 308 g/mol. The van der Waals surface area contributed by atoms with Crippen LogP contribution in [0.4, 0.5) is 0 Å². The van der Waals surface area contributed by atoms with Crippen LogP contribution in [0.3, 0.4) is 0 Å². The number of nitrogens with one attached hydrogen (secondary N) is 1. The highest BCUT2D eigenvalue weighted by Crippen LogP contribution is 2.18. The third-order valence-electron chi connectivity index (χ3n) is 2.51. The first kappa shape index (κ1) is 17.0. The largest absolute Gasteiger partial charge is 0.383 e. The van der Waals surface area contributed by atoms with Gasteiger partial charge in [-0.2, -0.15) is 0 Å². The second-order valence-electron chi connectivity index (χ2n) is 3.93. The van der Waals surface area contributed by atoms with Crippen LogP contribution in [0.5, 0.6) is 0 Å². The minimum atomic E-state index is -3.88. The lowest BCUT2D eigenvalue weighted by Crippen LogP contribution is -2.29. The number of aromatic nitrogens is 1. The lowest BCUT2D eigenvalue weighted by atomic mass is 10.4. The Morgan fingerprint density at radius 1 is 1.35 bits per heavy atom. The van der Waals surface area contributed by atoms with Crippen molar-refractivity contribution in [3.8, 4) is 0 Å². The molecule has 1 aromatic heterocycles. The SMILES string of the molecule is COCCNC(=O)c1cc(S(=O)(=O)Cl)cn1CCOC. The lowest BCUT2D eigenvalue weighted by molar-refractivity contribution is 0.0925. The molecule has 0 aromatic carbocycles. The van der Waals surface area contributed by atoms with Crippen LogP contribution >= 0.6 is 10.7 Å². The fourth-order valence-electron chi connectivity index (χ4n) is 1.54. The van der Waals surface area contributed by atoms with E-state index in [4.69, 9.17) is 20.2 Å². The van der Waals surface area contributed by atoms with Crippen LogP contribution in [0, 0.1) is 0 Å². The van der Waals surface area contributed by atoms with Crippen LogP contribution in [0.2, 0.25) is 0 Å². The van der Waals surface area contributed by atoms with Crippen molar-refractivity contribution in [3.05, 3.63) is 18.0 Å². The van der Waals surface area contributed by atoms with Gasteiger partial charge in [-0.15, -0.1) is 0 Å². The summed E-state index contributed by atoms with van der Waals surface area (Å²) in [5.41, 5.74) is 0.206. The Labute approximate surface area is 122 Å². The Hall–Kier alpha value is -1.09. The number of amides is 1. The summed E-state index contributed by atoms with van der Waals surface area (Å²) in [4.78, 5) is 11.9. The van der Waals surface area contributed by atoms with E-state index in [2.05, 4.69) is 5.32 Å². The minimum Gasteiger partial charge on any atom is -0.383 e. The molecule has 1 rings (SSSR count). The first-order valence-electron chi connectivity index (χ1n) is 5.81. The average molecular weight is 325 g/mol. The van der Waals surface area contributed by atoms with E-state index in [1.165, 1.54) is 31.0 Å². The second kappa shape index (κ2) is 7.63. The predicted molar refractivity (Wildman–Crippen MR) is 73.6 cm³/mol. The van der Waals surface area contributed by atoms with Gasteiger partial charge in [0.25, 0.3) is 15.0 Å². The van der Waals surface area contributed by atoms with Gasteiger partial charge in [0.05, 0.1) is 13.2 Å². The van der Waals surface area contributed by atoms with Crippen molar-refractivity contribution < 1.29 is 22.7 Å². The Morgan fingerprint density at radius 2 is 2.00 bits per heavy atom. The highest BCUT2D eigenvalue weighted by Gasteiger charge is 2.19. The summed E-state index contributed by atoms with van der Waals surface area (Å²) in [6.07, 6.45) is 1.31. The molecule has 0 aliphatic carbocycles. The second-order valence-corrected chi connectivity index (χ2v) is 6.50. The van der Waals surface area contributed by atoms with Crippen molar-refractivity contribution in [2.45, 2.75) is 11.4 Å². The van der Waals surface area contributed by atoms with E-state index < -0.39 is 15.0 Å². The van der Waals surface area contributed by atoms with Crippen LogP contribution in [-0.4, -0.2) is 52.9 Å². The molecule has 0 spiro atoms. The molecule has 1 heterocycles. The molecule has 0 saturated heterocycles. The van der Waals surface area contributed by atoms with Crippen LogP contribution < -0.4 is 5.32 Å². The molecule has 0 saturated carbocycles. The van der Waals surface area contributed by atoms with Gasteiger partial charge >= 0.3 is 0 Å². The third kappa shape index (κ3) is 4.78. The molecular formula is C11H17ClN2O5S. The number of carbonyl (C=O) groups excluding carboxylic acids is 1. The number of halogens is 1. The molecule has 9 heteroatoms. The smallest absolute Gasteiger partial charge is 0.268 e. The van der Waals surface area contributed by atoms with E-state index in [9.17, 15) is 13.2 Å². The normalized spacial score (nSPS) is 11.6. The molecule has 7 nitrogen and oxygen atoms in total. The molecule has 0 unspecified atom stereocenters. The Bertz CT molecular complexity index is 555. The fraction of sp³-hybridized carbons (Fsp3) is 0.545. The van der Waals surface area contributed by atoms with Crippen molar-refractivity contribution in [2.75, 3.05) is 34.0 Å². The van der Waals surface area contributed by atoms with E-state index in [1.54, 1.807) is 0 Å². The topological polar surface area (TPSA) is 86.6 Å². The molecule has 0 aliphatic rings. The van der Waals surface area contributed by atoms with Crippen molar-refractivity contribution >= 4 is 25.6 Å². The number of methoxy groups -OCH3 is 2. The zero-order chi connectivity index (χ0) is 15.2. The van der Waals surface area contributed by atoms with Gasteiger partial charge in [0, 0.05) is 44.2 Å². The molecule has 0 bridgehead atoms. The number of ether oxygens (including phenoxy) is 2. The first-order chi connectivity index (χ1) is 9.40. The van der Waals surface area contributed by atoms with Crippen molar-refractivity contribution in [1.82, 2.24) is 9.88 Å². The number of hydrogen-bond donors (Lipinski definition) is 1. The lowest BCUT2D eigenvalue weighted by Gasteiger charge is -2.08. The quantitative estimate of drug-likeness (QED) is 0.554. The molecule has 0 aliphatic heterocycles. The zero-order valence-electron chi connectivity index (χ0n) is 11.3. The summed E-state index contributed by atoms with van der Waals surface area (Å²) in [6.45, 7) is 1.38. The maximum absolute atomic E-state index is 12.0. The molecule has 1 aromatic rings. The monoisotopic (exact) mass is 324 g/mol. The third-order valence-corrected chi connectivity index (χ3v) is 3.83. The molecule has 1 N–H and O–H groups in total. The van der Waals surface area contributed by atoms with E-state index in [0.29, 0.717) is 26.3 Å². The van der Waals surface area contributed by atoms with Crippen LogP contribution in [0.25, 0.3) is 0 Å². The molecule has 1 amide bonds. The maximum atomic E-state index is 12.0. The van der Waals surface area contributed by atoms with E-state index in [1.807, 2.05) is 0 Å². The zero-order valence-corrected chi connectivity index (χ0v) is 12.8. The summed E-state index contributed by atoms with van der Waals surface area (Å²) in [5.74, 6) is -0.398. The van der Waals surface area contributed by atoms with Crippen molar-refractivity contribution in [3.63, 3.8) is 0 Å². The van der Waals surface area contributed by atoms with Crippen molar-refractivity contribution in [1.29, 1.82) is 0 Å². The molecule has 20 heavy (non-hydrogen) atoms. The number of hydrogen-bond acceptors (Lipinski definition) is 5. The van der Waals surface area contributed by atoms with Gasteiger partial charge in [-0.1, -0.05) is 0 Å². The van der Waals surface area contributed by atoms with E-state index in [-0.39, 0.29) is 10.6 Å². The van der Waals surface area contributed by atoms with Gasteiger partial charge in [-0.05, 0) is 6.07 Å². The minimum absolute atomic E-state index is 0.118. The van der Waals surface area contributed by atoms with Gasteiger partial charge < -0.3 is 19.4 Å². The number of nitrogens with zero attached hydrogens (tertiary/aromatic N) is 1. The average Bonchev–Trinajstić information content (AvgIpc) is 2.80. The van der Waals surface area contributed by atoms with Crippen LogP contribution in [0.1, 0.15) is 10.5 Å². The highest BCUT2D eigenvalue weighted by atomic mass is 35.7. The Balaban J connectivity index is 2.96. The van der Waals surface area contributed by atoms with E-state index >= 15 is 0 Å². The summed E-state index contributed by atoms with van der Waals surface area (Å²) in [6, 6.07) is 1.24. The van der Waals surface area contributed by atoms with Gasteiger partial charge in [0.15, 0.2) is 0 Å². The summed E-state index contributed by atoms with van der Waals surface area (Å²) in [5, 5.41) is 2.62. The maximum Gasteiger partial charge on any atom is 0.268 e.